The summed E-state index contributed by atoms with van der Waals surface area (Å²) < 4.78 is 0.626. The normalized spacial score (nSPS) is 16.6. The van der Waals surface area contributed by atoms with Gasteiger partial charge in [0.2, 0.25) is 0 Å². The summed E-state index contributed by atoms with van der Waals surface area (Å²) in [5.41, 5.74) is 1.39. The van der Waals surface area contributed by atoms with Crippen LogP contribution in [-0.2, 0) is 4.79 Å². The van der Waals surface area contributed by atoms with E-state index < -0.39 is 0 Å². The summed E-state index contributed by atoms with van der Waals surface area (Å²) in [4.78, 5) is 11.2. The zero-order valence-electron chi connectivity index (χ0n) is 5.57. The first-order valence-corrected chi connectivity index (χ1v) is 6.30. The lowest BCUT2D eigenvalue weighted by molar-refractivity contribution is -0.116. The van der Waals surface area contributed by atoms with Crippen LogP contribution >= 0.6 is 63.7 Å². The van der Waals surface area contributed by atoms with Crippen LogP contribution in [0.1, 0.15) is 0 Å². The highest BCUT2D eigenvalue weighted by Crippen LogP contribution is 2.28. The molecular weight excluding hydrogens is 422 g/mol. The highest BCUT2D eigenvalue weighted by atomic mass is 79.9. The maximum atomic E-state index is 11.2. The van der Waals surface area contributed by atoms with Crippen LogP contribution in [0.4, 0.5) is 0 Å². The third-order valence-corrected chi connectivity index (χ3v) is 3.09. The molecule has 0 spiro atoms. The number of rotatable bonds is 1. The van der Waals surface area contributed by atoms with E-state index in [9.17, 15) is 4.79 Å². The van der Waals surface area contributed by atoms with E-state index in [0.29, 0.717) is 5.57 Å². The largest absolute Gasteiger partial charge is 0.321 e. The van der Waals surface area contributed by atoms with Gasteiger partial charge in [-0.1, -0.05) is 31.9 Å². The quantitative estimate of drug-likeness (QED) is 0.644. The van der Waals surface area contributed by atoms with Crippen molar-refractivity contribution >= 4 is 69.6 Å². The fraction of sp³-hybridized carbons (Fsp3) is 0.167. The number of hydrogen-bond acceptors (Lipinski definition) is 1. The molecule has 1 N–H and O–H groups in total. The molecule has 0 fully saturated rings. The molecule has 12 heavy (non-hydrogen) atoms. The maximum Gasteiger partial charge on any atom is 0.253 e. The van der Waals surface area contributed by atoms with Crippen LogP contribution in [0, 0.1) is 0 Å². The third-order valence-electron chi connectivity index (χ3n) is 1.25. The average Bonchev–Trinajstić information content (AvgIpc) is 2.30. The average molecular weight is 425 g/mol. The summed E-state index contributed by atoms with van der Waals surface area (Å²) in [7, 11) is 0. The lowest BCUT2D eigenvalue weighted by Gasteiger charge is -1.98. The van der Waals surface area contributed by atoms with Gasteiger partial charge in [0.25, 0.3) is 5.91 Å². The van der Waals surface area contributed by atoms with Gasteiger partial charge in [-0.05, 0) is 37.9 Å². The SMILES string of the molecule is O=C1NC(=C(Br)Br)C=C1C(Br)Br. The third kappa shape index (κ3) is 2.43. The number of alkyl halides is 2. The molecule has 1 amide bonds. The first-order valence-electron chi connectivity index (χ1n) is 2.88. The van der Waals surface area contributed by atoms with Gasteiger partial charge in [0.05, 0.1) is 9.09 Å². The van der Waals surface area contributed by atoms with Crippen LogP contribution in [0.15, 0.2) is 20.7 Å². The van der Waals surface area contributed by atoms with E-state index >= 15 is 0 Å². The summed E-state index contributed by atoms with van der Waals surface area (Å²) in [6.45, 7) is 0. The minimum absolute atomic E-state index is 0.0971. The Bertz CT molecular complexity index is 277. The van der Waals surface area contributed by atoms with Crippen molar-refractivity contribution in [3.05, 3.63) is 20.7 Å². The minimum atomic E-state index is -0.109. The van der Waals surface area contributed by atoms with Crippen molar-refractivity contribution in [1.82, 2.24) is 5.32 Å². The molecule has 2 nitrogen and oxygen atoms in total. The van der Waals surface area contributed by atoms with Crippen LogP contribution in [0.2, 0.25) is 0 Å². The van der Waals surface area contributed by atoms with Gasteiger partial charge in [-0.25, -0.2) is 0 Å². The lowest BCUT2D eigenvalue weighted by Crippen LogP contribution is -2.18. The van der Waals surface area contributed by atoms with Gasteiger partial charge in [0.1, 0.15) is 3.74 Å². The first-order chi connectivity index (χ1) is 5.52. The molecule has 0 unspecified atom stereocenters. The fourth-order valence-corrected chi connectivity index (χ4v) is 1.82. The van der Waals surface area contributed by atoms with E-state index in [4.69, 9.17) is 0 Å². The van der Waals surface area contributed by atoms with Crippen LogP contribution < -0.4 is 5.32 Å². The summed E-state index contributed by atoms with van der Waals surface area (Å²) in [6, 6.07) is 0. The van der Waals surface area contributed by atoms with Gasteiger partial charge < -0.3 is 5.32 Å². The predicted octanol–water partition coefficient (Wildman–Crippen LogP) is 3.12. The summed E-state index contributed by atoms with van der Waals surface area (Å²) >= 11 is 12.9. The number of carbonyl (C=O) groups excluding carboxylic acids is 1. The monoisotopic (exact) mass is 421 g/mol. The van der Waals surface area contributed by atoms with Crippen molar-refractivity contribution in [2.75, 3.05) is 0 Å². The molecule has 66 valence electrons. The van der Waals surface area contributed by atoms with Crippen molar-refractivity contribution in [3.63, 3.8) is 0 Å². The lowest BCUT2D eigenvalue weighted by atomic mass is 10.3. The van der Waals surface area contributed by atoms with Crippen molar-refractivity contribution in [2.24, 2.45) is 0 Å². The highest BCUT2D eigenvalue weighted by Gasteiger charge is 2.23. The Morgan fingerprint density at radius 3 is 2.25 bits per heavy atom. The van der Waals surface area contributed by atoms with Gasteiger partial charge >= 0.3 is 0 Å². The van der Waals surface area contributed by atoms with E-state index in [1.807, 2.05) is 0 Å². The number of allylic oxidation sites excluding steroid dienone is 1. The first kappa shape index (κ1) is 10.9. The maximum absolute atomic E-state index is 11.2. The van der Waals surface area contributed by atoms with Crippen molar-refractivity contribution < 1.29 is 4.79 Å². The molecule has 0 aromatic rings. The molecule has 0 atom stereocenters. The van der Waals surface area contributed by atoms with Gasteiger partial charge in [-0.2, -0.15) is 0 Å². The number of nitrogens with one attached hydrogen (secondary N) is 1. The predicted molar refractivity (Wildman–Crippen MR) is 62.7 cm³/mol. The zero-order valence-corrected chi connectivity index (χ0v) is 11.9. The topological polar surface area (TPSA) is 29.1 Å². The molecule has 1 aliphatic heterocycles. The standard InChI is InChI=1S/C6H3Br4NO/c7-4(8)2-1-3(5(9)10)11-6(2)12/h1,4H,(H,11,12). The molecule has 0 bridgehead atoms. The van der Waals surface area contributed by atoms with Crippen LogP contribution in [0.25, 0.3) is 0 Å². The van der Waals surface area contributed by atoms with Crippen molar-refractivity contribution in [3.8, 4) is 0 Å². The second-order valence-corrected chi connectivity index (χ2v) is 7.74. The highest BCUT2D eigenvalue weighted by molar-refractivity contribution is 9.28. The van der Waals surface area contributed by atoms with Gasteiger partial charge in [0.15, 0.2) is 0 Å². The molecule has 1 rings (SSSR count). The summed E-state index contributed by atoms with van der Waals surface area (Å²) in [5, 5.41) is 2.68. The molecule has 0 saturated heterocycles. The van der Waals surface area contributed by atoms with Crippen LogP contribution in [0.3, 0.4) is 0 Å². The molecule has 1 heterocycles. The van der Waals surface area contributed by atoms with Gasteiger partial charge in [0, 0.05) is 5.57 Å². The molecule has 0 aliphatic carbocycles. The van der Waals surface area contributed by atoms with Crippen molar-refractivity contribution in [1.29, 1.82) is 0 Å². The molecule has 6 heteroatoms. The minimum Gasteiger partial charge on any atom is -0.321 e. The Balaban J connectivity index is 2.97. The summed E-state index contributed by atoms with van der Waals surface area (Å²) in [6.07, 6.45) is 1.76. The van der Waals surface area contributed by atoms with E-state index in [1.165, 1.54) is 0 Å². The second-order valence-electron chi connectivity index (χ2n) is 2.03. The van der Waals surface area contributed by atoms with Gasteiger partial charge in [-0.15, -0.1) is 0 Å². The Kier molecular flexibility index (Phi) is 4.01. The smallest absolute Gasteiger partial charge is 0.253 e. The van der Waals surface area contributed by atoms with Gasteiger partial charge in [-0.3, -0.25) is 4.79 Å². The van der Waals surface area contributed by atoms with E-state index in [0.717, 1.165) is 9.09 Å². The molecular formula is C6H3Br4NO. The second kappa shape index (κ2) is 4.39. The molecule has 1 aliphatic rings. The Labute approximate surface area is 103 Å². The van der Waals surface area contributed by atoms with Crippen LogP contribution in [-0.4, -0.2) is 9.64 Å². The molecule has 0 aromatic heterocycles. The molecule has 0 radical (unpaired) electrons. The Hall–Kier alpha value is 0.870. The number of hydrogen-bond donors (Lipinski definition) is 1. The van der Waals surface area contributed by atoms with Crippen LogP contribution in [0.5, 0.6) is 0 Å². The number of amides is 1. The number of carbonyl (C=O) groups is 1. The molecule has 0 saturated carbocycles. The van der Waals surface area contributed by atoms with E-state index in [1.54, 1.807) is 6.08 Å². The Morgan fingerprint density at radius 1 is 1.42 bits per heavy atom. The fourth-order valence-electron chi connectivity index (χ4n) is 0.716. The Morgan fingerprint density at radius 2 is 2.00 bits per heavy atom. The van der Waals surface area contributed by atoms with E-state index in [-0.39, 0.29) is 9.64 Å². The summed E-state index contributed by atoms with van der Waals surface area (Å²) in [5.74, 6) is -0.0971. The van der Waals surface area contributed by atoms with Crippen molar-refractivity contribution in [2.45, 2.75) is 3.74 Å². The zero-order chi connectivity index (χ0) is 9.30. The number of halogens is 4. The van der Waals surface area contributed by atoms with E-state index in [2.05, 4.69) is 69.0 Å². The molecule has 0 aromatic carbocycles.